The number of hydrogen-bond donors (Lipinski definition) is 2. The lowest BCUT2D eigenvalue weighted by Gasteiger charge is -2.38. The number of aliphatic hydroxyl groups excluding tert-OH is 1. The summed E-state index contributed by atoms with van der Waals surface area (Å²) in [4.78, 5) is 15.2. The van der Waals surface area contributed by atoms with E-state index in [2.05, 4.69) is 34.5 Å². The molecule has 4 heteroatoms. The minimum atomic E-state index is -0.218. The lowest BCUT2D eigenvalue weighted by molar-refractivity contribution is 0.0239. The minimum absolute atomic E-state index is 0.0229. The van der Waals surface area contributed by atoms with Crippen LogP contribution in [-0.2, 0) is 6.42 Å². The van der Waals surface area contributed by atoms with Crippen LogP contribution in [0.3, 0.4) is 0 Å². The number of carbonyl (C=O) groups is 1. The summed E-state index contributed by atoms with van der Waals surface area (Å²) in [6, 6.07) is 18.3. The van der Waals surface area contributed by atoms with Crippen LogP contribution in [-0.4, -0.2) is 36.2 Å². The average Bonchev–Trinajstić information content (AvgIpc) is 3.21. The molecular formula is C23H28N2O2. The Labute approximate surface area is 161 Å². The van der Waals surface area contributed by atoms with Gasteiger partial charge in [0.25, 0.3) is 5.91 Å². The van der Waals surface area contributed by atoms with Crippen molar-refractivity contribution in [1.29, 1.82) is 0 Å². The third kappa shape index (κ3) is 4.33. The Morgan fingerprint density at radius 3 is 2.33 bits per heavy atom. The van der Waals surface area contributed by atoms with Gasteiger partial charge in [-0.2, -0.15) is 0 Å². The van der Waals surface area contributed by atoms with Crippen LogP contribution in [0, 0.1) is 5.92 Å². The Balaban J connectivity index is 1.42. The maximum atomic E-state index is 12.8. The molecule has 0 aromatic heterocycles. The summed E-state index contributed by atoms with van der Waals surface area (Å²) in [7, 11) is 0. The quantitative estimate of drug-likeness (QED) is 0.826. The van der Waals surface area contributed by atoms with Crippen LogP contribution in [0.2, 0.25) is 0 Å². The maximum absolute atomic E-state index is 12.8. The molecule has 4 nitrogen and oxygen atoms in total. The molecule has 0 bridgehead atoms. The molecule has 142 valence electrons. The van der Waals surface area contributed by atoms with Crippen molar-refractivity contribution >= 4 is 11.6 Å². The van der Waals surface area contributed by atoms with Crippen molar-refractivity contribution in [2.45, 2.75) is 44.2 Å². The highest BCUT2D eigenvalue weighted by Gasteiger charge is 2.34. The fourth-order valence-electron chi connectivity index (χ4n) is 4.21. The zero-order chi connectivity index (χ0) is 18.6. The van der Waals surface area contributed by atoms with E-state index in [1.807, 2.05) is 30.3 Å². The number of aliphatic hydroxyl groups is 1. The lowest BCUT2D eigenvalue weighted by Crippen LogP contribution is -2.48. The van der Waals surface area contributed by atoms with E-state index in [0.717, 1.165) is 32.4 Å². The van der Waals surface area contributed by atoms with Crippen LogP contribution in [0.25, 0.3) is 0 Å². The second-order valence-corrected chi connectivity index (χ2v) is 7.90. The monoisotopic (exact) mass is 364 g/mol. The average molecular weight is 364 g/mol. The largest absolute Gasteiger partial charge is 0.393 e. The molecule has 4 rings (SSSR count). The van der Waals surface area contributed by atoms with Gasteiger partial charge >= 0.3 is 0 Å². The fraction of sp³-hybridized carbons (Fsp3) is 0.435. The second-order valence-electron chi connectivity index (χ2n) is 7.90. The number of benzene rings is 2. The van der Waals surface area contributed by atoms with E-state index in [1.165, 1.54) is 24.1 Å². The molecule has 2 aliphatic rings. The SMILES string of the molecule is O=C(NC(Cc1ccccc1)C1CC(O)C1)c1ccc(N2CCCC2)cc1. The van der Waals surface area contributed by atoms with E-state index in [4.69, 9.17) is 0 Å². The number of rotatable bonds is 6. The molecule has 2 N–H and O–H groups in total. The number of nitrogens with one attached hydrogen (secondary N) is 1. The molecule has 2 fully saturated rings. The van der Waals surface area contributed by atoms with Gasteiger partial charge in [-0.1, -0.05) is 30.3 Å². The Kier molecular flexibility index (Phi) is 5.44. The topological polar surface area (TPSA) is 52.6 Å². The van der Waals surface area contributed by atoms with Gasteiger partial charge in [0.05, 0.1) is 6.10 Å². The standard InChI is InChI=1S/C23H28N2O2/c26-21-15-19(16-21)22(14-17-6-2-1-3-7-17)24-23(27)18-8-10-20(11-9-18)25-12-4-5-13-25/h1-3,6-11,19,21-22,26H,4-5,12-16H2,(H,24,27). The minimum Gasteiger partial charge on any atom is -0.393 e. The third-order valence-corrected chi connectivity index (χ3v) is 5.93. The second kappa shape index (κ2) is 8.13. The predicted molar refractivity (Wildman–Crippen MR) is 108 cm³/mol. The van der Waals surface area contributed by atoms with Gasteiger partial charge in [-0.25, -0.2) is 0 Å². The van der Waals surface area contributed by atoms with Crippen LogP contribution in [0.4, 0.5) is 5.69 Å². The predicted octanol–water partition coefficient (Wildman–Crippen LogP) is 3.40. The molecule has 0 spiro atoms. The first kappa shape index (κ1) is 18.1. The van der Waals surface area contributed by atoms with Gasteiger partial charge in [0, 0.05) is 30.4 Å². The van der Waals surface area contributed by atoms with Gasteiger partial charge < -0.3 is 15.3 Å². The molecule has 0 radical (unpaired) electrons. The Morgan fingerprint density at radius 1 is 1.04 bits per heavy atom. The number of amides is 1. The van der Waals surface area contributed by atoms with Gasteiger partial charge in [-0.15, -0.1) is 0 Å². The number of carbonyl (C=O) groups excluding carboxylic acids is 1. The summed E-state index contributed by atoms with van der Waals surface area (Å²) in [5, 5.41) is 12.9. The van der Waals surface area contributed by atoms with Crippen LogP contribution in [0.15, 0.2) is 54.6 Å². The molecular weight excluding hydrogens is 336 g/mol. The van der Waals surface area contributed by atoms with E-state index in [9.17, 15) is 9.90 Å². The number of nitrogens with zero attached hydrogens (tertiary/aromatic N) is 1. The summed E-state index contributed by atoms with van der Waals surface area (Å²) in [5.74, 6) is 0.318. The number of anilines is 1. The molecule has 1 aliphatic heterocycles. The molecule has 1 unspecified atom stereocenters. The first-order valence-corrected chi connectivity index (χ1v) is 10.1. The van der Waals surface area contributed by atoms with E-state index in [-0.39, 0.29) is 18.1 Å². The van der Waals surface area contributed by atoms with Crippen molar-refractivity contribution in [3.63, 3.8) is 0 Å². The summed E-state index contributed by atoms with van der Waals surface area (Å²) < 4.78 is 0. The highest BCUT2D eigenvalue weighted by molar-refractivity contribution is 5.94. The molecule has 1 aliphatic carbocycles. The van der Waals surface area contributed by atoms with E-state index in [0.29, 0.717) is 11.5 Å². The molecule has 1 heterocycles. The lowest BCUT2D eigenvalue weighted by atomic mass is 9.75. The van der Waals surface area contributed by atoms with E-state index < -0.39 is 0 Å². The van der Waals surface area contributed by atoms with Gasteiger partial charge in [-0.05, 0) is 67.9 Å². The van der Waals surface area contributed by atoms with Gasteiger partial charge in [0.1, 0.15) is 0 Å². The normalized spacial score (nSPS) is 22.9. The zero-order valence-corrected chi connectivity index (χ0v) is 15.7. The molecule has 1 atom stereocenters. The Hall–Kier alpha value is -2.33. The first-order chi connectivity index (χ1) is 13.2. The van der Waals surface area contributed by atoms with E-state index in [1.54, 1.807) is 0 Å². The van der Waals surface area contributed by atoms with Gasteiger partial charge in [-0.3, -0.25) is 4.79 Å². The fourth-order valence-corrected chi connectivity index (χ4v) is 4.21. The van der Waals surface area contributed by atoms with Crippen LogP contribution < -0.4 is 10.2 Å². The Bertz CT molecular complexity index is 748. The molecule has 1 saturated carbocycles. The smallest absolute Gasteiger partial charge is 0.251 e. The number of hydrogen-bond acceptors (Lipinski definition) is 3. The molecule has 2 aromatic carbocycles. The first-order valence-electron chi connectivity index (χ1n) is 10.1. The molecule has 2 aromatic rings. The maximum Gasteiger partial charge on any atom is 0.251 e. The van der Waals surface area contributed by atoms with Crippen LogP contribution in [0.1, 0.15) is 41.6 Å². The molecule has 1 saturated heterocycles. The van der Waals surface area contributed by atoms with Crippen molar-refractivity contribution in [2.24, 2.45) is 5.92 Å². The van der Waals surface area contributed by atoms with Gasteiger partial charge in [0.2, 0.25) is 0 Å². The van der Waals surface area contributed by atoms with Crippen LogP contribution >= 0.6 is 0 Å². The van der Waals surface area contributed by atoms with Crippen molar-refractivity contribution in [3.8, 4) is 0 Å². The summed E-state index contributed by atoms with van der Waals surface area (Å²) in [6.45, 7) is 2.21. The van der Waals surface area contributed by atoms with Crippen molar-refractivity contribution in [1.82, 2.24) is 5.32 Å². The van der Waals surface area contributed by atoms with Crippen molar-refractivity contribution < 1.29 is 9.90 Å². The van der Waals surface area contributed by atoms with Gasteiger partial charge in [0.15, 0.2) is 0 Å². The third-order valence-electron chi connectivity index (χ3n) is 5.93. The molecule has 1 amide bonds. The molecule has 27 heavy (non-hydrogen) atoms. The van der Waals surface area contributed by atoms with Crippen LogP contribution in [0.5, 0.6) is 0 Å². The Morgan fingerprint density at radius 2 is 1.70 bits per heavy atom. The van der Waals surface area contributed by atoms with Crippen molar-refractivity contribution in [3.05, 3.63) is 65.7 Å². The van der Waals surface area contributed by atoms with E-state index >= 15 is 0 Å². The highest BCUT2D eigenvalue weighted by Crippen LogP contribution is 2.32. The zero-order valence-electron chi connectivity index (χ0n) is 15.7. The summed E-state index contributed by atoms with van der Waals surface area (Å²) in [6.07, 6.45) is 4.62. The summed E-state index contributed by atoms with van der Waals surface area (Å²) in [5.41, 5.74) is 3.12. The summed E-state index contributed by atoms with van der Waals surface area (Å²) >= 11 is 0. The van der Waals surface area contributed by atoms with Crippen molar-refractivity contribution in [2.75, 3.05) is 18.0 Å². The highest BCUT2D eigenvalue weighted by atomic mass is 16.3.